The van der Waals surface area contributed by atoms with Crippen molar-refractivity contribution in [3.63, 3.8) is 0 Å². The van der Waals surface area contributed by atoms with E-state index >= 15 is 0 Å². The fourth-order valence-electron chi connectivity index (χ4n) is 1.11. The Morgan fingerprint density at radius 1 is 1.29 bits per heavy atom. The summed E-state index contributed by atoms with van der Waals surface area (Å²) < 4.78 is 2.21. The van der Waals surface area contributed by atoms with Crippen LogP contribution in [0.2, 0.25) is 0 Å². The third-order valence-corrected chi connectivity index (χ3v) is 2.67. The van der Waals surface area contributed by atoms with Crippen LogP contribution in [0.15, 0.2) is 30.6 Å². The molecule has 96 valence electrons. The first-order valence-corrected chi connectivity index (χ1v) is 7.23. The summed E-state index contributed by atoms with van der Waals surface area (Å²) in [6.07, 6.45) is 8.78. The second-order valence-corrected chi connectivity index (χ2v) is 4.57. The quantitative estimate of drug-likeness (QED) is 0.719. The topological polar surface area (TPSA) is 44.0 Å². The van der Waals surface area contributed by atoms with Crippen molar-refractivity contribution < 1.29 is 14.5 Å². The Balaban J connectivity index is 0.000000325. The molecule has 0 aliphatic rings. The van der Waals surface area contributed by atoms with E-state index in [0.717, 1.165) is 6.54 Å². The number of aryl methyl sites for hydroxylation is 1. The van der Waals surface area contributed by atoms with Crippen molar-refractivity contribution in [2.24, 2.45) is 0 Å². The maximum Gasteiger partial charge on any atom is 0.168 e. The minimum atomic E-state index is -0.964. The number of nitrogens with zero attached hydrogens (tertiary/aromatic N) is 1. The maximum atomic E-state index is 9.63. The maximum absolute atomic E-state index is 9.63. The van der Waals surface area contributed by atoms with Crippen LogP contribution in [0.4, 0.5) is 0 Å². The molecule has 0 aromatic carbocycles. The van der Waals surface area contributed by atoms with Crippen LogP contribution in [0.25, 0.3) is 0 Å². The fourth-order valence-corrected chi connectivity index (χ4v) is 1.48. The van der Waals surface area contributed by atoms with Gasteiger partial charge < -0.3 is 9.90 Å². The van der Waals surface area contributed by atoms with Gasteiger partial charge in [-0.05, 0) is 18.4 Å². The zero-order chi connectivity index (χ0) is 12.9. The molecule has 1 aromatic heterocycles. The number of rotatable bonds is 6. The number of carbonyl (C=O) groups excluding carboxylic acids is 1. The minimum absolute atomic E-state index is 0.168. The number of hydrogen-bond acceptors (Lipinski definition) is 3. The third-order valence-electron chi connectivity index (χ3n) is 2.06. The molecule has 4 heteroatoms. The average Bonchev–Trinajstić information content (AvgIpc) is 2.36. The molecule has 0 saturated carbocycles. The van der Waals surface area contributed by atoms with Gasteiger partial charge in [0.1, 0.15) is 6.54 Å². The van der Waals surface area contributed by atoms with E-state index in [1.54, 1.807) is 0 Å². The Kier molecular flexibility index (Phi) is 10.8. The van der Waals surface area contributed by atoms with Crippen LogP contribution < -0.4 is 9.67 Å². The van der Waals surface area contributed by atoms with Gasteiger partial charge in [0.15, 0.2) is 12.4 Å². The number of aliphatic carboxylic acids is 1. The van der Waals surface area contributed by atoms with Gasteiger partial charge in [0.05, 0.1) is 0 Å². The van der Waals surface area contributed by atoms with Crippen molar-refractivity contribution in [2.75, 3.05) is 12.0 Å². The molecule has 0 aliphatic carbocycles. The van der Waals surface area contributed by atoms with Crippen LogP contribution in [0.1, 0.15) is 26.2 Å². The van der Waals surface area contributed by atoms with E-state index in [1.807, 2.05) is 12.3 Å². The first-order valence-electron chi connectivity index (χ1n) is 5.83. The lowest BCUT2D eigenvalue weighted by molar-refractivity contribution is -0.697. The summed E-state index contributed by atoms with van der Waals surface area (Å²) in [5, 5.41) is 9.63. The number of pyridine rings is 1. The molecule has 0 radical (unpaired) electrons. The number of hydrogen-bond donors (Lipinski definition) is 0. The lowest BCUT2D eigenvalue weighted by Gasteiger charge is -1.95. The molecular formula is C13H21NO2S. The van der Waals surface area contributed by atoms with E-state index in [2.05, 4.69) is 36.0 Å². The molecule has 0 atom stereocenters. The van der Waals surface area contributed by atoms with Crippen molar-refractivity contribution in [1.29, 1.82) is 0 Å². The highest BCUT2D eigenvalue weighted by Gasteiger charge is 1.93. The molecule has 0 bridgehead atoms. The first kappa shape index (κ1) is 16.0. The summed E-state index contributed by atoms with van der Waals surface area (Å²) in [4.78, 5) is 9.63. The van der Waals surface area contributed by atoms with Crippen molar-refractivity contribution in [3.8, 4) is 0 Å². The lowest BCUT2D eigenvalue weighted by atomic mass is 10.3. The molecule has 1 aromatic rings. The number of carbonyl (C=O) groups is 1. The second kappa shape index (κ2) is 11.5. The molecule has 0 N–H and O–H groups in total. The van der Waals surface area contributed by atoms with E-state index in [-0.39, 0.29) is 6.42 Å². The Bertz CT molecular complexity index is 291. The van der Waals surface area contributed by atoms with E-state index in [1.165, 1.54) is 24.6 Å². The number of unbranched alkanes of at least 4 members (excludes halogenated alkanes) is 1. The standard InChI is InChI=1S/C9H14N.C4H8O2S/c1-2-3-7-10-8-5-4-6-9-10;1-7-3-2-4(5)6/h4-6,8-9H,2-3,7H2,1H3;2-3H2,1H3,(H,5,6)/q+1;/p-1. The lowest BCUT2D eigenvalue weighted by Crippen LogP contribution is -2.31. The van der Waals surface area contributed by atoms with Crippen LogP contribution in [-0.4, -0.2) is 18.0 Å². The van der Waals surface area contributed by atoms with Crippen LogP contribution >= 0.6 is 11.8 Å². The molecular weight excluding hydrogens is 234 g/mol. The van der Waals surface area contributed by atoms with Gasteiger partial charge in [-0.25, -0.2) is 4.57 Å². The predicted octanol–water partition coefficient (Wildman–Crippen LogP) is 1.26. The van der Waals surface area contributed by atoms with Crippen LogP contribution in [0.3, 0.4) is 0 Å². The van der Waals surface area contributed by atoms with Crippen LogP contribution in [0.5, 0.6) is 0 Å². The van der Waals surface area contributed by atoms with Gasteiger partial charge in [-0.1, -0.05) is 19.4 Å². The van der Waals surface area contributed by atoms with E-state index in [4.69, 9.17) is 0 Å². The van der Waals surface area contributed by atoms with E-state index in [9.17, 15) is 9.90 Å². The zero-order valence-corrected chi connectivity index (χ0v) is 11.4. The highest BCUT2D eigenvalue weighted by Crippen LogP contribution is 1.92. The van der Waals surface area contributed by atoms with E-state index < -0.39 is 5.97 Å². The summed E-state index contributed by atoms with van der Waals surface area (Å²) in [5.74, 6) is -0.308. The summed E-state index contributed by atoms with van der Waals surface area (Å²) in [5.41, 5.74) is 0. The summed E-state index contributed by atoms with van der Waals surface area (Å²) in [6, 6.07) is 6.17. The van der Waals surface area contributed by atoms with Gasteiger partial charge in [-0.2, -0.15) is 11.8 Å². The monoisotopic (exact) mass is 255 g/mol. The number of carboxylic acid groups (broad SMARTS) is 1. The van der Waals surface area contributed by atoms with Crippen molar-refractivity contribution in [1.82, 2.24) is 0 Å². The summed E-state index contributed by atoms with van der Waals surface area (Å²) in [6.45, 7) is 3.36. The second-order valence-electron chi connectivity index (χ2n) is 3.58. The Morgan fingerprint density at radius 3 is 2.35 bits per heavy atom. The van der Waals surface area contributed by atoms with Gasteiger partial charge in [-0.15, -0.1) is 0 Å². The molecule has 17 heavy (non-hydrogen) atoms. The van der Waals surface area contributed by atoms with Gasteiger partial charge in [-0.3, -0.25) is 0 Å². The average molecular weight is 255 g/mol. The van der Waals surface area contributed by atoms with Crippen molar-refractivity contribution >= 4 is 17.7 Å². The van der Waals surface area contributed by atoms with Gasteiger partial charge in [0.2, 0.25) is 0 Å². The van der Waals surface area contributed by atoms with Gasteiger partial charge >= 0.3 is 0 Å². The molecule has 1 heterocycles. The molecule has 3 nitrogen and oxygen atoms in total. The van der Waals surface area contributed by atoms with Crippen molar-refractivity contribution in [2.45, 2.75) is 32.7 Å². The first-order chi connectivity index (χ1) is 8.20. The molecule has 0 saturated heterocycles. The van der Waals surface area contributed by atoms with Crippen LogP contribution in [-0.2, 0) is 11.3 Å². The number of thioether (sulfide) groups is 1. The molecule has 0 amide bonds. The fraction of sp³-hybridized carbons (Fsp3) is 0.538. The van der Waals surface area contributed by atoms with Gasteiger partial charge in [0.25, 0.3) is 0 Å². The minimum Gasteiger partial charge on any atom is -0.550 e. The highest BCUT2D eigenvalue weighted by molar-refractivity contribution is 7.98. The normalized spacial score (nSPS) is 9.29. The summed E-state index contributed by atoms with van der Waals surface area (Å²) >= 11 is 1.51. The smallest absolute Gasteiger partial charge is 0.168 e. The highest BCUT2D eigenvalue weighted by atomic mass is 32.2. The Morgan fingerprint density at radius 2 is 1.94 bits per heavy atom. The molecule has 0 unspecified atom stereocenters. The van der Waals surface area contributed by atoms with E-state index in [0.29, 0.717) is 5.75 Å². The Labute approximate surface area is 108 Å². The third kappa shape index (κ3) is 11.2. The van der Waals surface area contributed by atoms with Crippen LogP contribution in [0, 0.1) is 0 Å². The van der Waals surface area contributed by atoms with Crippen molar-refractivity contribution in [3.05, 3.63) is 30.6 Å². The molecule has 0 aliphatic heterocycles. The van der Waals surface area contributed by atoms with Gasteiger partial charge in [0, 0.05) is 24.5 Å². The molecule has 0 spiro atoms. The summed E-state index contributed by atoms with van der Waals surface area (Å²) in [7, 11) is 0. The molecule has 0 fully saturated rings. The molecule has 1 rings (SSSR count). The SMILES string of the molecule is CCCC[n+]1ccccc1.CSCCC(=O)[O-]. The predicted molar refractivity (Wildman–Crippen MR) is 69.6 cm³/mol. The Hall–Kier alpha value is -1.03. The number of carboxylic acids is 1. The largest absolute Gasteiger partial charge is 0.550 e. The zero-order valence-electron chi connectivity index (χ0n) is 10.6. The number of aromatic nitrogens is 1.